The number of hydrogen-bond acceptors (Lipinski definition) is 3. The number of allylic oxidation sites excluding steroid dienone is 1. The molecule has 1 aliphatic heterocycles. The van der Waals surface area contributed by atoms with Crippen LogP contribution in [0.5, 0.6) is 0 Å². The number of nitrogens with zero attached hydrogens (tertiary/aromatic N) is 1. The fourth-order valence-corrected chi connectivity index (χ4v) is 2.67. The van der Waals surface area contributed by atoms with Crippen LogP contribution in [0.3, 0.4) is 0 Å². The number of amides is 1. The predicted octanol–water partition coefficient (Wildman–Crippen LogP) is 4.16. The van der Waals surface area contributed by atoms with Crippen molar-refractivity contribution in [1.29, 1.82) is 0 Å². The maximum absolute atomic E-state index is 12.5. The van der Waals surface area contributed by atoms with E-state index in [0.717, 1.165) is 16.7 Å². The molecule has 2 aromatic carbocycles. The molecule has 0 unspecified atom stereocenters. The Morgan fingerprint density at radius 2 is 1.83 bits per heavy atom. The summed E-state index contributed by atoms with van der Waals surface area (Å²) >= 11 is 0. The van der Waals surface area contributed by atoms with Crippen molar-refractivity contribution < 1.29 is 14.3 Å². The molecule has 24 heavy (non-hydrogen) atoms. The molecule has 0 saturated heterocycles. The Bertz CT molecular complexity index is 750. The standard InChI is InChI=1S/C20H19NO3/c1-15-7-9-17(10-8-15)19-13-18(22)11-12-21(19)20(23)24-14-16-5-3-2-4-6-16/h2-12,19H,13-14H2,1H3/t19-/m0/s1. The Morgan fingerprint density at radius 1 is 1.12 bits per heavy atom. The second-order valence-electron chi connectivity index (χ2n) is 5.86. The van der Waals surface area contributed by atoms with Crippen LogP contribution in [0, 0.1) is 6.92 Å². The molecular weight excluding hydrogens is 302 g/mol. The molecule has 4 nitrogen and oxygen atoms in total. The highest BCUT2D eigenvalue weighted by Gasteiger charge is 2.29. The molecule has 0 aromatic heterocycles. The molecule has 4 heteroatoms. The Balaban J connectivity index is 1.75. The summed E-state index contributed by atoms with van der Waals surface area (Å²) in [5, 5.41) is 0. The van der Waals surface area contributed by atoms with E-state index >= 15 is 0 Å². The highest BCUT2D eigenvalue weighted by atomic mass is 16.6. The molecule has 0 saturated carbocycles. The van der Waals surface area contributed by atoms with Crippen LogP contribution in [0.4, 0.5) is 4.79 Å². The summed E-state index contributed by atoms with van der Waals surface area (Å²) in [7, 11) is 0. The Labute approximate surface area is 141 Å². The van der Waals surface area contributed by atoms with Gasteiger partial charge >= 0.3 is 6.09 Å². The van der Waals surface area contributed by atoms with Gasteiger partial charge in [-0.25, -0.2) is 4.79 Å². The molecule has 2 aromatic rings. The highest BCUT2D eigenvalue weighted by Crippen LogP contribution is 2.29. The monoisotopic (exact) mass is 321 g/mol. The van der Waals surface area contributed by atoms with Gasteiger partial charge < -0.3 is 4.74 Å². The Morgan fingerprint density at radius 3 is 2.54 bits per heavy atom. The van der Waals surface area contributed by atoms with Crippen molar-refractivity contribution in [3.8, 4) is 0 Å². The fourth-order valence-electron chi connectivity index (χ4n) is 2.67. The van der Waals surface area contributed by atoms with Crippen LogP contribution in [0.15, 0.2) is 66.9 Å². The third-order valence-electron chi connectivity index (χ3n) is 4.03. The van der Waals surface area contributed by atoms with E-state index in [9.17, 15) is 9.59 Å². The summed E-state index contributed by atoms with van der Waals surface area (Å²) in [6, 6.07) is 17.0. The predicted molar refractivity (Wildman–Crippen MR) is 91.2 cm³/mol. The minimum absolute atomic E-state index is 0.00712. The van der Waals surface area contributed by atoms with Gasteiger partial charge in [0.1, 0.15) is 6.61 Å². The lowest BCUT2D eigenvalue weighted by Gasteiger charge is -2.30. The second kappa shape index (κ2) is 7.13. The summed E-state index contributed by atoms with van der Waals surface area (Å²) in [6.07, 6.45) is 2.76. The van der Waals surface area contributed by atoms with Crippen molar-refractivity contribution >= 4 is 11.9 Å². The minimum Gasteiger partial charge on any atom is -0.444 e. The normalized spacial score (nSPS) is 17.0. The molecule has 1 aliphatic rings. The van der Waals surface area contributed by atoms with E-state index in [0.29, 0.717) is 0 Å². The number of carbonyl (C=O) groups is 2. The first-order valence-corrected chi connectivity index (χ1v) is 7.90. The summed E-state index contributed by atoms with van der Waals surface area (Å²) in [4.78, 5) is 25.8. The van der Waals surface area contributed by atoms with Crippen molar-refractivity contribution in [3.63, 3.8) is 0 Å². The molecule has 122 valence electrons. The van der Waals surface area contributed by atoms with Gasteiger partial charge in [-0.15, -0.1) is 0 Å². The molecule has 3 rings (SSSR count). The molecule has 0 bridgehead atoms. The topological polar surface area (TPSA) is 46.6 Å². The molecular formula is C20H19NO3. The number of benzene rings is 2. The molecule has 0 N–H and O–H groups in total. The van der Waals surface area contributed by atoms with Gasteiger partial charge in [0.25, 0.3) is 0 Å². The zero-order chi connectivity index (χ0) is 16.9. The van der Waals surface area contributed by atoms with Gasteiger partial charge in [-0.2, -0.15) is 0 Å². The zero-order valence-electron chi connectivity index (χ0n) is 13.5. The van der Waals surface area contributed by atoms with E-state index in [1.165, 1.54) is 17.2 Å². The highest BCUT2D eigenvalue weighted by molar-refractivity contribution is 5.92. The van der Waals surface area contributed by atoms with Crippen LogP contribution < -0.4 is 0 Å². The first-order valence-electron chi connectivity index (χ1n) is 7.90. The van der Waals surface area contributed by atoms with E-state index in [2.05, 4.69) is 0 Å². The van der Waals surface area contributed by atoms with E-state index in [-0.39, 0.29) is 24.9 Å². The summed E-state index contributed by atoms with van der Waals surface area (Å²) < 4.78 is 5.40. The van der Waals surface area contributed by atoms with Crippen LogP contribution in [0.25, 0.3) is 0 Å². The minimum atomic E-state index is -0.451. The number of hydrogen-bond donors (Lipinski definition) is 0. The van der Waals surface area contributed by atoms with Gasteiger partial charge in [0.2, 0.25) is 0 Å². The van der Waals surface area contributed by atoms with Crippen molar-refractivity contribution in [1.82, 2.24) is 4.90 Å². The molecule has 1 heterocycles. The number of ketones is 1. The lowest BCUT2D eigenvalue weighted by Crippen LogP contribution is -2.34. The van der Waals surface area contributed by atoms with Crippen molar-refractivity contribution in [2.75, 3.05) is 0 Å². The third kappa shape index (κ3) is 3.71. The maximum atomic E-state index is 12.5. The Kier molecular flexibility index (Phi) is 4.75. The van der Waals surface area contributed by atoms with Gasteiger partial charge in [0.05, 0.1) is 6.04 Å². The van der Waals surface area contributed by atoms with Gasteiger partial charge in [-0.05, 0) is 24.1 Å². The molecule has 0 radical (unpaired) electrons. The van der Waals surface area contributed by atoms with Gasteiger partial charge in [0, 0.05) is 12.6 Å². The van der Waals surface area contributed by atoms with Crippen LogP contribution in [0.2, 0.25) is 0 Å². The second-order valence-corrected chi connectivity index (χ2v) is 5.86. The first-order chi connectivity index (χ1) is 11.6. The summed E-state index contributed by atoms with van der Waals surface area (Å²) in [5.41, 5.74) is 2.99. The van der Waals surface area contributed by atoms with Crippen molar-refractivity contribution in [2.45, 2.75) is 26.0 Å². The molecule has 1 atom stereocenters. The Hall–Kier alpha value is -2.88. The average molecular weight is 321 g/mol. The first kappa shape index (κ1) is 16.0. The van der Waals surface area contributed by atoms with Crippen LogP contribution in [0.1, 0.15) is 29.2 Å². The van der Waals surface area contributed by atoms with E-state index < -0.39 is 6.09 Å². The maximum Gasteiger partial charge on any atom is 0.414 e. The van der Waals surface area contributed by atoms with Crippen molar-refractivity contribution in [2.24, 2.45) is 0 Å². The molecule has 0 aliphatic carbocycles. The van der Waals surface area contributed by atoms with E-state index in [4.69, 9.17) is 4.74 Å². The van der Waals surface area contributed by atoms with Gasteiger partial charge in [-0.1, -0.05) is 60.2 Å². The van der Waals surface area contributed by atoms with E-state index in [1.54, 1.807) is 0 Å². The average Bonchev–Trinajstić information content (AvgIpc) is 2.61. The van der Waals surface area contributed by atoms with Gasteiger partial charge in [-0.3, -0.25) is 9.69 Å². The SMILES string of the molecule is Cc1ccc([C@@H]2CC(=O)C=CN2C(=O)OCc2ccccc2)cc1. The third-order valence-corrected chi connectivity index (χ3v) is 4.03. The summed E-state index contributed by atoms with van der Waals surface area (Å²) in [6.45, 7) is 2.21. The molecule has 0 spiro atoms. The quantitative estimate of drug-likeness (QED) is 0.852. The van der Waals surface area contributed by atoms with Crippen molar-refractivity contribution in [3.05, 3.63) is 83.6 Å². The number of rotatable bonds is 3. The zero-order valence-corrected chi connectivity index (χ0v) is 13.5. The van der Waals surface area contributed by atoms with Crippen LogP contribution in [-0.4, -0.2) is 16.8 Å². The number of carbonyl (C=O) groups excluding carboxylic acids is 2. The smallest absolute Gasteiger partial charge is 0.414 e. The lowest BCUT2D eigenvalue weighted by molar-refractivity contribution is -0.116. The van der Waals surface area contributed by atoms with Crippen LogP contribution in [-0.2, 0) is 16.1 Å². The molecule has 0 fully saturated rings. The van der Waals surface area contributed by atoms with Crippen LogP contribution >= 0.6 is 0 Å². The fraction of sp³-hybridized carbons (Fsp3) is 0.200. The number of aryl methyl sites for hydroxylation is 1. The van der Waals surface area contributed by atoms with Gasteiger partial charge in [0.15, 0.2) is 5.78 Å². The number of ether oxygens (including phenoxy) is 1. The lowest BCUT2D eigenvalue weighted by atomic mass is 9.97. The molecule has 1 amide bonds. The van der Waals surface area contributed by atoms with E-state index in [1.807, 2.05) is 61.5 Å². The largest absolute Gasteiger partial charge is 0.444 e. The summed E-state index contributed by atoms with van der Waals surface area (Å²) in [5.74, 6) is 0.00712.